The van der Waals surface area contributed by atoms with Crippen molar-refractivity contribution in [3.05, 3.63) is 58.3 Å². The van der Waals surface area contributed by atoms with E-state index in [0.717, 1.165) is 16.6 Å². The zero-order valence-electron chi connectivity index (χ0n) is 14.6. The van der Waals surface area contributed by atoms with E-state index >= 15 is 0 Å². The van der Waals surface area contributed by atoms with E-state index in [1.54, 1.807) is 31.2 Å². The number of carboxylic acid groups (broad SMARTS) is 1. The van der Waals surface area contributed by atoms with Gasteiger partial charge in [-0.25, -0.2) is 4.79 Å². The van der Waals surface area contributed by atoms with Crippen LogP contribution in [0.2, 0.25) is 0 Å². The fourth-order valence-corrected chi connectivity index (χ4v) is 6.04. The van der Waals surface area contributed by atoms with Crippen molar-refractivity contribution < 1.29 is 19.5 Å². The predicted molar refractivity (Wildman–Crippen MR) is 110 cm³/mol. The van der Waals surface area contributed by atoms with Crippen LogP contribution in [0.25, 0.3) is 0 Å². The summed E-state index contributed by atoms with van der Waals surface area (Å²) < 4.78 is 0. The Kier molecular flexibility index (Phi) is 6.62. The average molecular weight is 422 g/mol. The van der Waals surface area contributed by atoms with E-state index in [0.29, 0.717) is 17.1 Å². The van der Waals surface area contributed by atoms with Crippen LogP contribution in [0.4, 0.5) is 0 Å². The Morgan fingerprint density at radius 3 is 2.59 bits per heavy atom. The van der Waals surface area contributed by atoms with E-state index in [1.165, 1.54) is 28.0 Å². The van der Waals surface area contributed by atoms with Gasteiger partial charge in [-0.05, 0) is 11.4 Å². The Labute approximate surface area is 170 Å². The molecular formula is C19H19NO4S3. The molecular weight excluding hydrogens is 402 g/mol. The molecule has 5 nitrogen and oxygen atoms in total. The lowest BCUT2D eigenvalue weighted by Gasteiger charge is -2.29. The Morgan fingerprint density at radius 2 is 1.96 bits per heavy atom. The van der Waals surface area contributed by atoms with Crippen LogP contribution in [-0.2, 0) is 9.59 Å². The number of carbonyl (C=O) groups excluding carboxylic acids is 2. The highest BCUT2D eigenvalue weighted by Gasteiger charge is 2.43. The minimum atomic E-state index is -0.991. The van der Waals surface area contributed by atoms with Crippen LogP contribution in [0.5, 0.6) is 0 Å². The van der Waals surface area contributed by atoms with Crippen molar-refractivity contribution in [2.75, 3.05) is 11.5 Å². The molecule has 0 aliphatic carbocycles. The number of thioether (sulfide) groups is 2. The molecule has 1 N–H and O–H groups in total. The second-order valence-electron chi connectivity index (χ2n) is 6.17. The molecule has 3 rings (SSSR count). The van der Waals surface area contributed by atoms with Gasteiger partial charge in [0.15, 0.2) is 0 Å². The number of amides is 1. The summed E-state index contributed by atoms with van der Waals surface area (Å²) in [4.78, 5) is 39.4. The first-order chi connectivity index (χ1) is 13.0. The minimum Gasteiger partial charge on any atom is -0.480 e. The van der Waals surface area contributed by atoms with Crippen molar-refractivity contribution in [3.8, 4) is 0 Å². The number of nitrogens with zero attached hydrogens (tertiary/aromatic N) is 1. The molecule has 0 radical (unpaired) electrons. The lowest BCUT2D eigenvalue weighted by Crippen LogP contribution is -2.45. The largest absolute Gasteiger partial charge is 0.480 e. The first-order valence-corrected chi connectivity index (χ1v) is 11.3. The molecule has 1 aromatic carbocycles. The molecule has 1 aromatic heterocycles. The lowest BCUT2D eigenvalue weighted by molar-refractivity contribution is -0.150. The quantitative estimate of drug-likeness (QED) is 0.760. The Balaban J connectivity index is 1.69. The Morgan fingerprint density at radius 1 is 1.22 bits per heavy atom. The highest BCUT2D eigenvalue weighted by Crippen LogP contribution is 2.44. The highest BCUT2D eigenvalue weighted by molar-refractivity contribution is 8.14. The maximum Gasteiger partial charge on any atom is 0.327 e. The maximum absolute atomic E-state index is 13.0. The van der Waals surface area contributed by atoms with Crippen LogP contribution >= 0.6 is 34.9 Å². The third kappa shape index (κ3) is 4.56. The molecule has 2 aromatic rings. The van der Waals surface area contributed by atoms with Crippen molar-refractivity contribution in [2.45, 2.75) is 18.3 Å². The third-order valence-corrected chi connectivity index (χ3v) is 7.77. The zero-order valence-corrected chi connectivity index (χ0v) is 17.1. The van der Waals surface area contributed by atoms with Gasteiger partial charge in [-0.3, -0.25) is 9.59 Å². The van der Waals surface area contributed by atoms with Gasteiger partial charge >= 0.3 is 5.97 Å². The van der Waals surface area contributed by atoms with Crippen LogP contribution in [-0.4, -0.2) is 44.5 Å². The normalized spacial score (nSPS) is 20.4. The number of benzene rings is 1. The second-order valence-corrected chi connectivity index (χ2v) is 9.25. The van der Waals surface area contributed by atoms with Crippen molar-refractivity contribution in [1.29, 1.82) is 0 Å². The van der Waals surface area contributed by atoms with E-state index in [9.17, 15) is 19.5 Å². The number of aliphatic carboxylic acids is 1. The summed E-state index contributed by atoms with van der Waals surface area (Å²) in [6.07, 6.45) is 0. The van der Waals surface area contributed by atoms with Crippen LogP contribution in [0.1, 0.15) is 27.5 Å². The van der Waals surface area contributed by atoms with Gasteiger partial charge in [-0.15, -0.1) is 23.1 Å². The van der Waals surface area contributed by atoms with Crippen molar-refractivity contribution in [1.82, 2.24) is 4.90 Å². The Bertz CT molecular complexity index is 810. The Hall–Kier alpha value is -1.77. The summed E-state index contributed by atoms with van der Waals surface area (Å²) in [5.41, 5.74) is 0.596. The van der Waals surface area contributed by atoms with E-state index in [4.69, 9.17) is 0 Å². The molecule has 27 heavy (non-hydrogen) atoms. The molecule has 3 atom stereocenters. The standard InChI is InChI=1S/C19H19NO4S3/c1-12(10-27-19(24)13-6-3-2-4-7-13)16(21)20-14(18(22)23)11-26-17(20)15-8-5-9-25-15/h2-9,12,14,17H,10-11H2,1H3,(H,22,23)/t12?,14-,17?/m0/s1. The molecule has 142 valence electrons. The highest BCUT2D eigenvalue weighted by atomic mass is 32.2. The summed E-state index contributed by atoms with van der Waals surface area (Å²) >= 11 is 4.08. The number of carbonyl (C=O) groups is 3. The lowest BCUT2D eigenvalue weighted by atomic mass is 10.1. The smallest absolute Gasteiger partial charge is 0.327 e. The molecule has 0 bridgehead atoms. The molecule has 1 aliphatic heterocycles. The maximum atomic E-state index is 13.0. The second kappa shape index (κ2) is 8.95. The van der Waals surface area contributed by atoms with Gasteiger partial charge in [0.25, 0.3) is 0 Å². The molecule has 8 heteroatoms. The van der Waals surface area contributed by atoms with Gasteiger partial charge in [0.1, 0.15) is 11.4 Å². The van der Waals surface area contributed by atoms with Crippen LogP contribution in [0.15, 0.2) is 47.8 Å². The van der Waals surface area contributed by atoms with Gasteiger partial charge in [0.2, 0.25) is 11.0 Å². The number of carboxylic acids is 1. The molecule has 1 amide bonds. The van der Waals surface area contributed by atoms with Crippen molar-refractivity contribution >= 4 is 51.9 Å². The van der Waals surface area contributed by atoms with Gasteiger partial charge in [0.05, 0.1) is 0 Å². The number of rotatable bonds is 6. The molecule has 0 saturated carbocycles. The average Bonchev–Trinajstić information content (AvgIpc) is 3.35. The van der Waals surface area contributed by atoms with E-state index < -0.39 is 17.9 Å². The summed E-state index contributed by atoms with van der Waals surface area (Å²) in [5, 5.41) is 11.1. The van der Waals surface area contributed by atoms with E-state index in [1.807, 2.05) is 23.6 Å². The number of hydrogen-bond donors (Lipinski definition) is 1. The van der Waals surface area contributed by atoms with Gasteiger partial charge < -0.3 is 10.0 Å². The number of hydrogen-bond acceptors (Lipinski definition) is 6. The molecule has 2 unspecified atom stereocenters. The minimum absolute atomic E-state index is 0.0874. The fourth-order valence-electron chi connectivity index (χ4n) is 2.80. The van der Waals surface area contributed by atoms with Crippen LogP contribution in [0.3, 0.4) is 0 Å². The van der Waals surface area contributed by atoms with Gasteiger partial charge in [-0.2, -0.15) is 0 Å². The topological polar surface area (TPSA) is 74.7 Å². The SMILES string of the molecule is CC(CSC(=O)c1ccccc1)C(=O)N1C(c2cccs2)SC[C@H]1C(=O)O. The summed E-state index contributed by atoms with van der Waals surface area (Å²) in [5.74, 6) is -0.983. The number of thiophene rings is 1. The summed E-state index contributed by atoms with van der Waals surface area (Å²) in [7, 11) is 0. The summed E-state index contributed by atoms with van der Waals surface area (Å²) in [6.45, 7) is 1.75. The fraction of sp³-hybridized carbons (Fsp3) is 0.316. The zero-order chi connectivity index (χ0) is 19.4. The third-order valence-electron chi connectivity index (χ3n) is 4.22. The molecule has 2 heterocycles. The van der Waals surface area contributed by atoms with Gasteiger partial charge in [0, 0.05) is 27.9 Å². The van der Waals surface area contributed by atoms with Crippen LogP contribution < -0.4 is 0 Å². The first-order valence-electron chi connectivity index (χ1n) is 8.41. The molecule has 0 spiro atoms. The molecule has 1 fully saturated rings. The van der Waals surface area contributed by atoms with Crippen LogP contribution in [0, 0.1) is 5.92 Å². The van der Waals surface area contributed by atoms with Crippen molar-refractivity contribution in [3.63, 3.8) is 0 Å². The van der Waals surface area contributed by atoms with Gasteiger partial charge in [-0.1, -0.05) is 55.1 Å². The monoisotopic (exact) mass is 421 g/mol. The molecule has 1 aliphatic rings. The summed E-state index contributed by atoms with van der Waals surface area (Å²) in [6, 6.07) is 11.9. The van der Waals surface area contributed by atoms with E-state index in [-0.39, 0.29) is 16.4 Å². The molecule has 1 saturated heterocycles. The predicted octanol–water partition coefficient (Wildman–Crippen LogP) is 3.99. The van der Waals surface area contributed by atoms with E-state index in [2.05, 4.69) is 0 Å². The van der Waals surface area contributed by atoms with Crippen molar-refractivity contribution in [2.24, 2.45) is 5.92 Å². The first kappa shape index (κ1) is 20.0.